The summed E-state index contributed by atoms with van der Waals surface area (Å²) in [6, 6.07) is 12.0. The summed E-state index contributed by atoms with van der Waals surface area (Å²) in [5.74, 6) is 1.35. The number of nitrogens with zero attached hydrogens (tertiary/aromatic N) is 3. The average molecular weight is 325 g/mol. The predicted molar refractivity (Wildman–Crippen MR) is 93.8 cm³/mol. The maximum absolute atomic E-state index is 10.6. The number of rotatable bonds is 3. The molecular formula is C18H19N3OS. The number of benzene rings is 1. The van der Waals surface area contributed by atoms with Crippen LogP contribution in [-0.2, 0) is 0 Å². The van der Waals surface area contributed by atoms with E-state index in [1.165, 1.54) is 0 Å². The van der Waals surface area contributed by atoms with Crippen LogP contribution in [0, 0.1) is 5.92 Å². The van der Waals surface area contributed by atoms with Gasteiger partial charge in [-0.05, 0) is 35.8 Å². The van der Waals surface area contributed by atoms with E-state index in [0.29, 0.717) is 5.92 Å². The van der Waals surface area contributed by atoms with E-state index in [9.17, 15) is 5.11 Å². The van der Waals surface area contributed by atoms with E-state index in [2.05, 4.69) is 20.2 Å². The summed E-state index contributed by atoms with van der Waals surface area (Å²) in [6.45, 7) is 1.86. The Bertz CT molecular complexity index is 781. The van der Waals surface area contributed by atoms with Crippen molar-refractivity contribution in [2.75, 3.05) is 18.0 Å². The molecule has 1 aliphatic rings. The standard InChI is InChI=1S/C18H19N3OS/c22-16(13-4-2-1-3-5-13)14-6-9-21(10-7-14)18-17-15(8-11-23-17)19-12-20-18/h1-5,8,11-12,14,16,22H,6-7,9-10H2/t16-/m1/s1. The maximum Gasteiger partial charge on any atom is 0.150 e. The van der Waals surface area contributed by atoms with Gasteiger partial charge in [0, 0.05) is 13.1 Å². The van der Waals surface area contributed by atoms with Crippen LogP contribution in [0.1, 0.15) is 24.5 Å². The molecule has 4 nitrogen and oxygen atoms in total. The minimum absolute atomic E-state index is 0.314. The number of hydrogen-bond donors (Lipinski definition) is 1. The number of aliphatic hydroxyl groups excluding tert-OH is 1. The molecule has 5 heteroatoms. The van der Waals surface area contributed by atoms with Gasteiger partial charge in [0.15, 0.2) is 0 Å². The molecule has 1 N–H and O–H groups in total. The largest absolute Gasteiger partial charge is 0.388 e. The van der Waals surface area contributed by atoms with Crippen molar-refractivity contribution in [3.8, 4) is 0 Å². The van der Waals surface area contributed by atoms with Gasteiger partial charge < -0.3 is 10.0 Å². The molecule has 0 radical (unpaired) electrons. The van der Waals surface area contributed by atoms with Crippen LogP contribution in [0.3, 0.4) is 0 Å². The van der Waals surface area contributed by atoms with Crippen molar-refractivity contribution in [3.05, 3.63) is 53.7 Å². The number of fused-ring (bicyclic) bond motifs is 1. The molecule has 3 aromatic rings. The van der Waals surface area contributed by atoms with Gasteiger partial charge in [-0.25, -0.2) is 9.97 Å². The van der Waals surface area contributed by atoms with Crippen molar-refractivity contribution < 1.29 is 5.11 Å². The lowest BCUT2D eigenvalue weighted by Gasteiger charge is -2.35. The van der Waals surface area contributed by atoms with Crippen LogP contribution >= 0.6 is 11.3 Å². The van der Waals surface area contributed by atoms with Gasteiger partial charge in [0.25, 0.3) is 0 Å². The van der Waals surface area contributed by atoms with E-state index < -0.39 is 0 Å². The van der Waals surface area contributed by atoms with E-state index in [1.807, 2.05) is 36.4 Å². The second-order valence-electron chi connectivity index (χ2n) is 6.01. The Labute approximate surface area is 139 Å². The maximum atomic E-state index is 10.6. The molecular weight excluding hydrogens is 306 g/mol. The Balaban J connectivity index is 1.48. The molecule has 1 saturated heterocycles. The summed E-state index contributed by atoms with van der Waals surface area (Å²) < 4.78 is 1.16. The summed E-state index contributed by atoms with van der Waals surface area (Å²) >= 11 is 1.70. The molecule has 1 fully saturated rings. The summed E-state index contributed by atoms with van der Waals surface area (Å²) in [6.07, 6.45) is 3.24. The van der Waals surface area contributed by atoms with Gasteiger partial charge in [0.1, 0.15) is 12.1 Å². The number of thiophene rings is 1. The molecule has 1 atom stereocenters. The van der Waals surface area contributed by atoms with E-state index in [0.717, 1.165) is 47.5 Å². The third-order valence-electron chi connectivity index (χ3n) is 4.65. The monoisotopic (exact) mass is 325 g/mol. The van der Waals surface area contributed by atoms with Crippen LogP contribution in [0.4, 0.5) is 5.82 Å². The topological polar surface area (TPSA) is 49.2 Å². The molecule has 1 aliphatic heterocycles. The lowest BCUT2D eigenvalue weighted by molar-refractivity contribution is 0.0929. The van der Waals surface area contributed by atoms with Crippen LogP contribution in [0.15, 0.2) is 48.1 Å². The molecule has 0 aliphatic carbocycles. The minimum atomic E-state index is -0.370. The van der Waals surface area contributed by atoms with Gasteiger partial charge in [0.2, 0.25) is 0 Å². The fourth-order valence-corrected chi connectivity index (χ4v) is 4.21. The summed E-state index contributed by atoms with van der Waals surface area (Å²) in [4.78, 5) is 11.1. The van der Waals surface area contributed by atoms with Crippen molar-refractivity contribution in [3.63, 3.8) is 0 Å². The van der Waals surface area contributed by atoms with E-state index >= 15 is 0 Å². The molecule has 2 aromatic heterocycles. The Morgan fingerprint density at radius 3 is 2.65 bits per heavy atom. The SMILES string of the molecule is O[C@H](c1ccccc1)C1CCN(c2ncnc3ccsc23)CC1. The molecule has 0 unspecified atom stereocenters. The zero-order valence-electron chi connectivity index (χ0n) is 12.8. The van der Waals surface area contributed by atoms with Crippen LogP contribution in [0.2, 0.25) is 0 Å². The zero-order chi connectivity index (χ0) is 15.6. The molecule has 118 valence electrons. The quantitative estimate of drug-likeness (QED) is 0.799. The molecule has 0 bridgehead atoms. The summed E-state index contributed by atoms with van der Waals surface area (Å²) in [5, 5.41) is 12.7. The van der Waals surface area contributed by atoms with E-state index in [1.54, 1.807) is 17.7 Å². The first-order valence-electron chi connectivity index (χ1n) is 7.99. The second kappa shape index (κ2) is 6.26. The highest BCUT2D eigenvalue weighted by Crippen LogP contribution is 2.34. The normalized spacial score (nSPS) is 17.5. The average Bonchev–Trinajstić information content (AvgIpc) is 3.11. The smallest absolute Gasteiger partial charge is 0.150 e. The molecule has 0 amide bonds. The Morgan fingerprint density at radius 1 is 1.09 bits per heavy atom. The highest BCUT2D eigenvalue weighted by molar-refractivity contribution is 7.17. The van der Waals surface area contributed by atoms with Crippen LogP contribution < -0.4 is 4.90 Å². The molecule has 0 saturated carbocycles. The van der Waals surface area contributed by atoms with Gasteiger partial charge >= 0.3 is 0 Å². The number of anilines is 1. The minimum Gasteiger partial charge on any atom is -0.388 e. The third-order valence-corrected chi connectivity index (χ3v) is 5.55. The Morgan fingerprint density at radius 2 is 1.87 bits per heavy atom. The summed E-state index contributed by atoms with van der Waals surface area (Å²) in [5.41, 5.74) is 2.04. The van der Waals surface area contributed by atoms with Crippen molar-refractivity contribution in [2.45, 2.75) is 18.9 Å². The molecule has 1 aromatic carbocycles. The lowest BCUT2D eigenvalue weighted by Crippen LogP contribution is -2.36. The molecule has 0 spiro atoms. The van der Waals surface area contributed by atoms with Crippen molar-refractivity contribution >= 4 is 27.4 Å². The first-order valence-corrected chi connectivity index (χ1v) is 8.87. The highest BCUT2D eigenvalue weighted by Gasteiger charge is 2.27. The first-order chi connectivity index (χ1) is 11.3. The predicted octanol–water partition coefficient (Wildman–Crippen LogP) is 3.64. The molecule has 3 heterocycles. The van der Waals surface area contributed by atoms with Crippen LogP contribution in [0.5, 0.6) is 0 Å². The van der Waals surface area contributed by atoms with Crippen molar-refractivity contribution in [1.82, 2.24) is 9.97 Å². The third kappa shape index (κ3) is 2.82. The Hall–Kier alpha value is -1.98. The zero-order valence-corrected chi connectivity index (χ0v) is 13.6. The number of aromatic nitrogens is 2. The summed E-state index contributed by atoms with van der Waals surface area (Å²) in [7, 11) is 0. The number of aliphatic hydroxyl groups is 1. The number of piperidine rings is 1. The van der Waals surface area contributed by atoms with Crippen molar-refractivity contribution in [1.29, 1.82) is 0 Å². The van der Waals surface area contributed by atoms with E-state index in [4.69, 9.17) is 0 Å². The second-order valence-corrected chi connectivity index (χ2v) is 6.93. The first kappa shape index (κ1) is 14.6. The van der Waals surface area contributed by atoms with Gasteiger partial charge in [-0.1, -0.05) is 30.3 Å². The molecule has 4 rings (SSSR count). The highest BCUT2D eigenvalue weighted by atomic mass is 32.1. The van der Waals surface area contributed by atoms with Gasteiger partial charge in [-0.15, -0.1) is 11.3 Å². The van der Waals surface area contributed by atoms with Gasteiger partial charge in [-0.3, -0.25) is 0 Å². The fraction of sp³-hybridized carbons (Fsp3) is 0.333. The number of hydrogen-bond acceptors (Lipinski definition) is 5. The van der Waals surface area contributed by atoms with Gasteiger partial charge in [-0.2, -0.15) is 0 Å². The lowest BCUT2D eigenvalue weighted by atomic mass is 9.87. The fourth-order valence-electron chi connectivity index (χ4n) is 3.35. The van der Waals surface area contributed by atoms with Crippen LogP contribution in [-0.4, -0.2) is 28.2 Å². The Kier molecular flexibility index (Phi) is 3.97. The molecule has 23 heavy (non-hydrogen) atoms. The van der Waals surface area contributed by atoms with Crippen LogP contribution in [0.25, 0.3) is 10.2 Å². The van der Waals surface area contributed by atoms with Crippen molar-refractivity contribution in [2.24, 2.45) is 5.92 Å². The van der Waals surface area contributed by atoms with Gasteiger partial charge in [0.05, 0.1) is 16.3 Å². The van der Waals surface area contributed by atoms with E-state index in [-0.39, 0.29) is 6.10 Å².